The molecule has 12 nitrogen and oxygen atoms in total. The first-order valence-electron chi connectivity index (χ1n) is 14.7. The molecule has 2 amide bonds. The standard InChI is InChI=1S/C34H25Br5N4O8/c35-20-7-16-1-2-27(20)50-28-15-19(11-22(37)30(28)44)13-26(43-49)34(47)40-5-3-17-9-23(38)32(24(39)10-17)51-29-14-18(8-21(36)31(29)45)4-6-41-33(46)25(12-16)42-48/h1-3,5,7-11,14-15,44-45,48-49H,4,6,12-13H2,(H,40,47)(H,41,46)/b5-3-,42-25+,43-26+. The molecule has 4 aromatic carbocycles. The van der Waals surface area contributed by atoms with Crippen LogP contribution in [0.3, 0.4) is 0 Å². The summed E-state index contributed by atoms with van der Waals surface area (Å²) in [6.07, 6.45) is 3.22. The van der Waals surface area contributed by atoms with Crippen LogP contribution >= 0.6 is 79.6 Å². The Morgan fingerprint density at radius 1 is 0.627 bits per heavy atom. The average Bonchev–Trinajstić information content (AvgIpc) is 3.08. The number of aromatic hydroxyl groups is 2. The van der Waals surface area contributed by atoms with E-state index in [0.717, 1.165) is 5.56 Å². The van der Waals surface area contributed by atoms with Gasteiger partial charge < -0.3 is 40.7 Å². The number of halogens is 5. The van der Waals surface area contributed by atoms with E-state index in [0.29, 0.717) is 52.5 Å². The summed E-state index contributed by atoms with van der Waals surface area (Å²) in [5.41, 5.74) is 2.12. The van der Waals surface area contributed by atoms with E-state index in [2.05, 4.69) is 101 Å². The van der Waals surface area contributed by atoms with Gasteiger partial charge in [0.25, 0.3) is 11.8 Å². The van der Waals surface area contributed by atoms with E-state index in [9.17, 15) is 30.2 Å². The summed E-state index contributed by atoms with van der Waals surface area (Å²) in [6, 6.07) is 14.8. The normalized spacial score (nSPS) is 16.5. The molecule has 4 heterocycles. The van der Waals surface area contributed by atoms with Crippen molar-refractivity contribution >= 4 is 109 Å². The fourth-order valence-electron chi connectivity index (χ4n) is 4.82. The minimum atomic E-state index is -0.676. The second-order valence-electron chi connectivity index (χ2n) is 10.9. The van der Waals surface area contributed by atoms with Crippen LogP contribution in [-0.4, -0.2) is 50.4 Å². The van der Waals surface area contributed by atoms with Crippen LogP contribution in [0.25, 0.3) is 6.08 Å². The van der Waals surface area contributed by atoms with Crippen molar-refractivity contribution in [2.75, 3.05) is 6.54 Å². The lowest BCUT2D eigenvalue weighted by molar-refractivity contribution is -0.115. The molecule has 0 aromatic heterocycles. The molecule has 0 unspecified atom stereocenters. The van der Waals surface area contributed by atoms with Crippen LogP contribution in [0.5, 0.6) is 34.5 Å². The van der Waals surface area contributed by atoms with Crippen molar-refractivity contribution < 1.29 is 39.7 Å². The van der Waals surface area contributed by atoms with E-state index in [1.165, 1.54) is 12.3 Å². The van der Waals surface area contributed by atoms with Gasteiger partial charge in [-0.15, -0.1) is 0 Å². The summed E-state index contributed by atoms with van der Waals surface area (Å²) in [7, 11) is 0. The van der Waals surface area contributed by atoms with Gasteiger partial charge in [0.15, 0.2) is 28.7 Å². The summed E-state index contributed by atoms with van der Waals surface area (Å²) in [6.45, 7) is 0.180. The summed E-state index contributed by atoms with van der Waals surface area (Å²) in [4.78, 5) is 25.9. The van der Waals surface area contributed by atoms with Crippen molar-refractivity contribution in [3.8, 4) is 34.5 Å². The molecule has 8 bridgehead atoms. The first kappa shape index (κ1) is 38.3. The van der Waals surface area contributed by atoms with Crippen LogP contribution in [0.4, 0.5) is 0 Å². The fourth-order valence-corrected chi connectivity index (χ4v) is 7.69. The monoisotopic (exact) mass is 1010 g/mol. The second kappa shape index (κ2) is 17.1. The maximum Gasteiger partial charge on any atom is 0.273 e. The van der Waals surface area contributed by atoms with Gasteiger partial charge in [-0.1, -0.05) is 16.4 Å². The quantitative estimate of drug-likeness (QED) is 0.0747. The predicted molar refractivity (Wildman–Crippen MR) is 207 cm³/mol. The van der Waals surface area contributed by atoms with Gasteiger partial charge in [-0.3, -0.25) is 9.59 Å². The number of amides is 2. The number of carbonyl (C=O) groups is 2. The minimum absolute atomic E-state index is 0.0146. The lowest BCUT2D eigenvalue weighted by atomic mass is 10.1. The zero-order valence-electron chi connectivity index (χ0n) is 25.9. The van der Waals surface area contributed by atoms with Crippen molar-refractivity contribution in [3.05, 3.63) is 105 Å². The van der Waals surface area contributed by atoms with Gasteiger partial charge >= 0.3 is 0 Å². The van der Waals surface area contributed by atoms with Crippen molar-refractivity contribution in [2.24, 2.45) is 10.3 Å². The molecule has 8 rings (SSSR count). The summed E-state index contributed by atoms with van der Waals surface area (Å²) >= 11 is 17.1. The third-order valence-electron chi connectivity index (χ3n) is 7.32. The number of carbonyl (C=O) groups excluding carboxylic acids is 2. The van der Waals surface area contributed by atoms with E-state index in [4.69, 9.17) is 9.47 Å². The average molecular weight is 1020 g/mol. The molecule has 4 aromatic rings. The number of nitrogens with zero attached hydrogens (tertiary/aromatic N) is 2. The number of benzene rings is 4. The molecule has 17 heteroatoms. The number of oxime groups is 2. The highest BCUT2D eigenvalue weighted by Gasteiger charge is 2.20. The Morgan fingerprint density at radius 3 is 1.84 bits per heavy atom. The molecule has 4 aliphatic rings. The van der Waals surface area contributed by atoms with Crippen molar-refractivity contribution in [3.63, 3.8) is 0 Å². The molecule has 4 aliphatic heterocycles. The van der Waals surface area contributed by atoms with Crippen LogP contribution < -0.4 is 20.1 Å². The number of hydrogen-bond donors (Lipinski definition) is 6. The largest absolute Gasteiger partial charge is 0.503 e. The first-order chi connectivity index (χ1) is 24.4. The lowest BCUT2D eigenvalue weighted by Crippen LogP contribution is -2.33. The molecule has 0 spiro atoms. The lowest BCUT2D eigenvalue weighted by Gasteiger charge is -2.15. The zero-order valence-corrected chi connectivity index (χ0v) is 33.8. The third kappa shape index (κ3) is 9.51. The van der Waals surface area contributed by atoms with Crippen LogP contribution in [-0.2, 0) is 28.9 Å². The Bertz CT molecular complexity index is 2100. The number of phenolic OH excluding ortho intramolecular Hbond substituents is 2. The molecular formula is C34H25Br5N4O8. The number of ether oxygens (including phenoxy) is 2. The molecule has 264 valence electrons. The molecular weight excluding hydrogens is 992 g/mol. The van der Waals surface area contributed by atoms with Gasteiger partial charge in [-0.05, 0) is 163 Å². The summed E-state index contributed by atoms with van der Waals surface area (Å²) < 4.78 is 14.3. The highest BCUT2D eigenvalue weighted by atomic mass is 79.9. The molecule has 0 radical (unpaired) electrons. The molecule has 6 N–H and O–H groups in total. The maximum atomic E-state index is 13.0. The van der Waals surface area contributed by atoms with E-state index in [1.807, 2.05) is 0 Å². The highest BCUT2D eigenvalue weighted by Crippen LogP contribution is 2.44. The third-order valence-corrected chi connectivity index (χ3v) is 10.3. The van der Waals surface area contributed by atoms with E-state index in [1.54, 1.807) is 54.6 Å². The van der Waals surface area contributed by atoms with Gasteiger partial charge in [0.2, 0.25) is 0 Å². The van der Waals surface area contributed by atoms with Crippen LogP contribution in [0.15, 0.2) is 93.5 Å². The van der Waals surface area contributed by atoms with Crippen LogP contribution in [0.1, 0.15) is 22.3 Å². The zero-order chi connectivity index (χ0) is 36.8. The van der Waals surface area contributed by atoms with E-state index in [-0.39, 0.29) is 58.3 Å². The molecule has 0 fully saturated rings. The molecule has 51 heavy (non-hydrogen) atoms. The highest BCUT2D eigenvalue weighted by molar-refractivity contribution is 9.11. The summed E-state index contributed by atoms with van der Waals surface area (Å²) in [5, 5.41) is 52.6. The number of hydrogen-bond acceptors (Lipinski definition) is 10. The fraction of sp³-hybridized carbons (Fsp3) is 0.118. The van der Waals surface area contributed by atoms with Crippen molar-refractivity contribution in [1.82, 2.24) is 10.6 Å². The minimum Gasteiger partial charge on any atom is -0.503 e. The molecule has 0 atom stereocenters. The van der Waals surface area contributed by atoms with Gasteiger partial charge in [0.05, 0.1) is 22.4 Å². The summed E-state index contributed by atoms with van der Waals surface area (Å²) in [5.74, 6) is -0.732. The van der Waals surface area contributed by atoms with E-state index < -0.39 is 11.8 Å². The number of nitrogens with one attached hydrogen (secondary N) is 2. The van der Waals surface area contributed by atoms with Crippen LogP contribution in [0.2, 0.25) is 0 Å². The smallest absolute Gasteiger partial charge is 0.273 e. The second-order valence-corrected chi connectivity index (χ2v) is 15.2. The predicted octanol–water partition coefficient (Wildman–Crippen LogP) is 8.70. The van der Waals surface area contributed by atoms with Crippen molar-refractivity contribution in [1.29, 1.82) is 0 Å². The number of rotatable bonds is 0. The first-order valence-corrected chi connectivity index (χ1v) is 18.7. The SMILES string of the molecule is O=C1N/C=C\c2cc(Br)c(c(Br)c2)Oc2cc(cc(Br)c2O)CCNC(=O)/C(=N/O)Cc2ccc(c(Br)c2)Oc2cc(cc(Br)c2O)C/C1=N\O. The Hall–Kier alpha value is -3.90. The van der Waals surface area contributed by atoms with Crippen molar-refractivity contribution in [2.45, 2.75) is 19.3 Å². The Balaban J connectivity index is 1.50. The molecule has 0 saturated carbocycles. The number of phenols is 2. The molecule has 0 saturated heterocycles. The molecule has 0 aliphatic carbocycles. The maximum absolute atomic E-state index is 13.0. The van der Waals surface area contributed by atoms with E-state index >= 15 is 0 Å². The van der Waals surface area contributed by atoms with Gasteiger partial charge in [0.1, 0.15) is 17.2 Å². The van der Waals surface area contributed by atoms with Crippen LogP contribution in [0, 0.1) is 0 Å². The Morgan fingerprint density at radius 2 is 1.20 bits per heavy atom. The van der Waals surface area contributed by atoms with Gasteiger partial charge in [0, 0.05) is 25.6 Å². The van der Waals surface area contributed by atoms with Gasteiger partial charge in [-0.25, -0.2) is 0 Å². The topological polar surface area (TPSA) is 182 Å². The Kier molecular flexibility index (Phi) is 12.8. The Labute approximate surface area is 332 Å². The van der Waals surface area contributed by atoms with Gasteiger partial charge in [-0.2, -0.15) is 0 Å².